The van der Waals surface area contributed by atoms with Crippen molar-refractivity contribution in [3.05, 3.63) is 12.2 Å². The maximum atomic E-state index is 13.0. The first-order valence-corrected chi connectivity index (χ1v) is 9.23. The maximum absolute atomic E-state index is 13.0. The number of rotatable bonds is 1. The van der Waals surface area contributed by atoms with Crippen molar-refractivity contribution in [2.45, 2.75) is 65.2 Å². The van der Waals surface area contributed by atoms with Gasteiger partial charge in [-0.25, -0.2) is 0 Å². The van der Waals surface area contributed by atoms with Crippen LogP contribution >= 0.6 is 0 Å². The molecule has 3 heteroatoms. The fraction of sp³-hybridized carbons (Fsp3) is 0.800. The van der Waals surface area contributed by atoms with Gasteiger partial charge in [0.1, 0.15) is 0 Å². The highest BCUT2D eigenvalue weighted by Gasteiger charge is 2.67. The molecule has 4 aliphatic carbocycles. The summed E-state index contributed by atoms with van der Waals surface area (Å²) in [5.74, 6) is 0.645. The van der Waals surface area contributed by atoms with Crippen LogP contribution in [-0.4, -0.2) is 16.9 Å². The number of carboxylic acid groups (broad SMARTS) is 1. The lowest BCUT2D eigenvalue weighted by molar-refractivity contribution is -0.182. The second kappa shape index (κ2) is 4.49. The van der Waals surface area contributed by atoms with E-state index in [9.17, 15) is 14.7 Å². The van der Waals surface area contributed by atoms with Crippen molar-refractivity contribution in [1.82, 2.24) is 0 Å². The van der Waals surface area contributed by atoms with Crippen molar-refractivity contribution in [2.75, 3.05) is 0 Å². The second-order valence-corrected chi connectivity index (χ2v) is 9.21. The van der Waals surface area contributed by atoms with Gasteiger partial charge in [-0.15, -0.1) is 0 Å². The molecule has 6 atom stereocenters. The molecule has 0 aromatic heterocycles. The Morgan fingerprint density at radius 1 is 1.13 bits per heavy atom. The van der Waals surface area contributed by atoms with Crippen LogP contribution < -0.4 is 0 Å². The summed E-state index contributed by atoms with van der Waals surface area (Å²) in [6.07, 6.45) is 7.75. The van der Waals surface area contributed by atoms with Crippen molar-refractivity contribution >= 4 is 11.8 Å². The largest absolute Gasteiger partial charge is 0.481 e. The SMILES string of the molecule is C=C1C(=O)C23CC[C@H]4C(C)(CCC[C@]4(C)C(=O)O)[C@@H]2CCC1C3. The Labute approximate surface area is 138 Å². The predicted octanol–water partition coefficient (Wildman–Crippen LogP) is 4.22. The Kier molecular flexibility index (Phi) is 3.01. The smallest absolute Gasteiger partial charge is 0.309 e. The fourth-order valence-corrected chi connectivity index (χ4v) is 7.37. The molecule has 4 rings (SSSR count). The monoisotopic (exact) mass is 316 g/mol. The van der Waals surface area contributed by atoms with Gasteiger partial charge in [0.25, 0.3) is 0 Å². The van der Waals surface area contributed by atoms with Crippen LogP contribution in [0.4, 0.5) is 0 Å². The summed E-state index contributed by atoms with van der Waals surface area (Å²) in [6.45, 7) is 8.36. The number of carbonyl (C=O) groups is 2. The van der Waals surface area contributed by atoms with Crippen molar-refractivity contribution in [3.8, 4) is 0 Å². The molecule has 126 valence electrons. The zero-order valence-corrected chi connectivity index (χ0v) is 14.4. The van der Waals surface area contributed by atoms with Crippen LogP contribution in [0.2, 0.25) is 0 Å². The van der Waals surface area contributed by atoms with E-state index in [2.05, 4.69) is 13.5 Å². The summed E-state index contributed by atoms with van der Waals surface area (Å²) in [6, 6.07) is 0. The zero-order valence-electron chi connectivity index (χ0n) is 14.4. The van der Waals surface area contributed by atoms with E-state index in [1.165, 1.54) is 0 Å². The van der Waals surface area contributed by atoms with Gasteiger partial charge >= 0.3 is 5.97 Å². The standard InChI is InChI=1S/C20H28O3/c1-12-13-5-6-15-18(2)8-4-9-19(3,17(22)23)14(18)7-10-20(15,11-13)16(12)21/h13-15H,1,4-11H2,2-3H3,(H,22,23)/t13?,14-,15-,18?,19-,20?/m0/s1. The van der Waals surface area contributed by atoms with E-state index in [0.717, 1.165) is 56.9 Å². The van der Waals surface area contributed by atoms with Gasteiger partial charge < -0.3 is 5.11 Å². The Morgan fingerprint density at radius 3 is 2.57 bits per heavy atom. The first-order chi connectivity index (χ1) is 10.8. The maximum Gasteiger partial charge on any atom is 0.309 e. The zero-order chi connectivity index (χ0) is 16.6. The summed E-state index contributed by atoms with van der Waals surface area (Å²) >= 11 is 0. The summed E-state index contributed by atoms with van der Waals surface area (Å²) in [5.41, 5.74) is 0.0347. The van der Waals surface area contributed by atoms with E-state index in [4.69, 9.17) is 0 Å². The quantitative estimate of drug-likeness (QED) is 0.737. The molecular formula is C20H28O3. The molecule has 4 saturated carbocycles. The molecule has 4 aliphatic rings. The summed E-state index contributed by atoms with van der Waals surface area (Å²) < 4.78 is 0. The van der Waals surface area contributed by atoms with E-state index in [1.807, 2.05) is 6.92 Å². The molecule has 1 N–H and O–H groups in total. The molecule has 0 amide bonds. The van der Waals surface area contributed by atoms with Crippen LogP contribution in [0.5, 0.6) is 0 Å². The number of ketones is 1. The lowest BCUT2D eigenvalue weighted by Gasteiger charge is -2.62. The normalized spacial score (nSPS) is 52.0. The molecule has 0 saturated heterocycles. The average Bonchev–Trinajstić information content (AvgIpc) is 2.68. The van der Waals surface area contributed by atoms with E-state index in [0.29, 0.717) is 17.6 Å². The van der Waals surface area contributed by atoms with Crippen LogP contribution in [-0.2, 0) is 9.59 Å². The number of carboxylic acids is 1. The molecule has 3 unspecified atom stereocenters. The van der Waals surface area contributed by atoms with Crippen LogP contribution in [0, 0.1) is 34.0 Å². The molecule has 0 heterocycles. The van der Waals surface area contributed by atoms with Crippen molar-refractivity contribution in [3.63, 3.8) is 0 Å². The fourth-order valence-electron chi connectivity index (χ4n) is 7.37. The summed E-state index contributed by atoms with van der Waals surface area (Å²) in [5, 5.41) is 9.89. The lowest BCUT2D eigenvalue weighted by atomic mass is 9.41. The Bertz CT molecular complexity index is 608. The number of allylic oxidation sites excluding steroid dienone is 1. The summed E-state index contributed by atoms with van der Waals surface area (Å²) in [7, 11) is 0. The Morgan fingerprint density at radius 2 is 1.87 bits per heavy atom. The molecular weight excluding hydrogens is 288 g/mol. The van der Waals surface area contributed by atoms with Gasteiger partial charge in [0.15, 0.2) is 5.78 Å². The Balaban J connectivity index is 1.79. The third kappa shape index (κ3) is 1.66. The van der Waals surface area contributed by atoms with Crippen molar-refractivity contribution in [2.24, 2.45) is 34.0 Å². The molecule has 3 nitrogen and oxygen atoms in total. The molecule has 0 aromatic rings. The molecule has 0 aromatic carbocycles. The topological polar surface area (TPSA) is 54.4 Å². The van der Waals surface area contributed by atoms with Gasteiger partial charge in [-0.05, 0) is 80.6 Å². The van der Waals surface area contributed by atoms with E-state index in [1.54, 1.807) is 0 Å². The van der Waals surface area contributed by atoms with Gasteiger partial charge in [-0.3, -0.25) is 9.59 Å². The highest BCUT2D eigenvalue weighted by atomic mass is 16.4. The number of carbonyl (C=O) groups excluding carboxylic acids is 1. The Hall–Kier alpha value is -1.12. The lowest BCUT2D eigenvalue weighted by Crippen LogP contribution is -2.59. The number of Topliss-reactive ketones (excluding diaryl/α,β-unsaturated/α-hetero) is 1. The van der Waals surface area contributed by atoms with Crippen LogP contribution in [0.3, 0.4) is 0 Å². The molecule has 23 heavy (non-hydrogen) atoms. The molecule has 1 spiro atoms. The van der Waals surface area contributed by atoms with Gasteiger partial charge in [-0.1, -0.05) is 19.9 Å². The minimum absolute atomic E-state index is 0.00507. The molecule has 0 radical (unpaired) electrons. The third-order valence-electron chi connectivity index (χ3n) is 8.46. The van der Waals surface area contributed by atoms with Crippen LogP contribution in [0.15, 0.2) is 12.2 Å². The van der Waals surface area contributed by atoms with Crippen LogP contribution in [0.1, 0.15) is 65.2 Å². The van der Waals surface area contributed by atoms with Gasteiger partial charge in [0, 0.05) is 5.41 Å². The van der Waals surface area contributed by atoms with E-state index < -0.39 is 11.4 Å². The number of hydrogen-bond donors (Lipinski definition) is 1. The van der Waals surface area contributed by atoms with Crippen molar-refractivity contribution in [1.29, 1.82) is 0 Å². The third-order valence-corrected chi connectivity index (χ3v) is 8.46. The number of hydrogen-bond acceptors (Lipinski definition) is 2. The minimum Gasteiger partial charge on any atom is -0.481 e. The first kappa shape index (κ1) is 15.4. The first-order valence-electron chi connectivity index (χ1n) is 9.23. The molecule has 0 aliphatic heterocycles. The summed E-state index contributed by atoms with van der Waals surface area (Å²) in [4.78, 5) is 25.1. The highest BCUT2D eigenvalue weighted by Crippen LogP contribution is 2.71. The van der Waals surface area contributed by atoms with Crippen LogP contribution in [0.25, 0.3) is 0 Å². The average molecular weight is 316 g/mol. The predicted molar refractivity (Wildman–Crippen MR) is 87.8 cm³/mol. The minimum atomic E-state index is -0.639. The van der Waals surface area contributed by atoms with Gasteiger partial charge in [-0.2, -0.15) is 0 Å². The van der Waals surface area contributed by atoms with E-state index >= 15 is 0 Å². The van der Waals surface area contributed by atoms with Gasteiger partial charge in [0.2, 0.25) is 0 Å². The van der Waals surface area contributed by atoms with E-state index in [-0.39, 0.29) is 16.7 Å². The van der Waals surface area contributed by atoms with Gasteiger partial charge in [0.05, 0.1) is 5.41 Å². The number of fused-ring (bicyclic) bond motifs is 3. The molecule has 2 bridgehead atoms. The highest BCUT2D eigenvalue weighted by molar-refractivity contribution is 6.03. The number of aliphatic carboxylic acids is 1. The second-order valence-electron chi connectivity index (χ2n) is 9.21. The molecule has 4 fully saturated rings. The van der Waals surface area contributed by atoms with Crippen molar-refractivity contribution < 1.29 is 14.7 Å².